The third-order valence-electron chi connectivity index (χ3n) is 4.24. The average Bonchev–Trinajstić information content (AvgIpc) is 2.94. The molecule has 0 aliphatic rings. The molecule has 0 aliphatic heterocycles. The molecule has 0 radical (unpaired) electrons. The number of amides is 1. The molecule has 0 saturated carbocycles. The fraction of sp³-hybridized carbons (Fsp3) is 0.263. The van der Waals surface area contributed by atoms with Crippen molar-refractivity contribution in [3.05, 3.63) is 69.2 Å². The van der Waals surface area contributed by atoms with E-state index in [1.165, 1.54) is 12.1 Å². The highest BCUT2D eigenvalue weighted by molar-refractivity contribution is 6.05. The lowest BCUT2D eigenvalue weighted by molar-refractivity contribution is -0.384. The second-order valence-corrected chi connectivity index (χ2v) is 6.30. The second kappa shape index (κ2) is 6.95. The SMILES string of the molecule is CCCc1nc2cc(C)ccn2c1C(=O)Nc1cc([N+](=O)[O-])ccc1C. The lowest BCUT2D eigenvalue weighted by Gasteiger charge is -2.09. The Balaban J connectivity index is 2.04. The highest BCUT2D eigenvalue weighted by atomic mass is 16.6. The van der Waals surface area contributed by atoms with Crippen LogP contribution in [0.5, 0.6) is 0 Å². The van der Waals surface area contributed by atoms with Crippen molar-refractivity contribution in [1.29, 1.82) is 0 Å². The largest absolute Gasteiger partial charge is 0.320 e. The minimum absolute atomic E-state index is 0.0616. The maximum Gasteiger partial charge on any atom is 0.274 e. The number of carbonyl (C=O) groups excluding carboxylic acids is 1. The van der Waals surface area contributed by atoms with Crippen LogP contribution in [0.3, 0.4) is 0 Å². The number of rotatable bonds is 5. The van der Waals surface area contributed by atoms with Crippen LogP contribution in [0.1, 0.15) is 40.7 Å². The Labute approximate surface area is 150 Å². The summed E-state index contributed by atoms with van der Waals surface area (Å²) in [6.45, 7) is 5.80. The average molecular weight is 352 g/mol. The Kier molecular flexibility index (Phi) is 4.71. The number of benzene rings is 1. The van der Waals surface area contributed by atoms with Crippen LogP contribution in [0.2, 0.25) is 0 Å². The highest BCUT2D eigenvalue weighted by Crippen LogP contribution is 2.24. The zero-order chi connectivity index (χ0) is 18.8. The summed E-state index contributed by atoms with van der Waals surface area (Å²) in [5, 5.41) is 13.8. The molecule has 2 heterocycles. The van der Waals surface area contributed by atoms with Crippen molar-refractivity contribution >= 4 is 22.9 Å². The molecule has 7 heteroatoms. The molecule has 0 fully saturated rings. The smallest absolute Gasteiger partial charge is 0.274 e. The first kappa shape index (κ1) is 17.6. The van der Waals surface area contributed by atoms with E-state index < -0.39 is 4.92 Å². The number of carbonyl (C=O) groups is 1. The molecule has 7 nitrogen and oxygen atoms in total. The molecule has 0 aliphatic carbocycles. The molecule has 3 aromatic rings. The van der Waals surface area contributed by atoms with Gasteiger partial charge in [0.05, 0.1) is 16.3 Å². The van der Waals surface area contributed by atoms with Crippen LogP contribution in [0.25, 0.3) is 5.65 Å². The molecule has 0 spiro atoms. The number of nitrogens with one attached hydrogen (secondary N) is 1. The van der Waals surface area contributed by atoms with Crippen molar-refractivity contribution in [1.82, 2.24) is 9.38 Å². The minimum atomic E-state index is -0.478. The van der Waals surface area contributed by atoms with Crippen LogP contribution in [0.4, 0.5) is 11.4 Å². The van der Waals surface area contributed by atoms with Gasteiger partial charge in [-0.15, -0.1) is 0 Å². The Morgan fingerprint density at radius 1 is 1.27 bits per heavy atom. The zero-order valence-electron chi connectivity index (χ0n) is 14.9. The second-order valence-electron chi connectivity index (χ2n) is 6.30. The van der Waals surface area contributed by atoms with Gasteiger partial charge in [0.2, 0.25) is 0 Å². The number of imidazole rings is 1. The number of fused-ring (bicyclic) bond motifs is 1. The van der Waals surface area contributed by atoms with Crippen molar-refractivity contribution in [2.75, 3.05) is 5.32 Å². The van der Waals surface area contributed by atoms with Crippen LogP contribution >= 0.6 is 0 Å². The molecule has 3 rings (SSSR count). The van der Waals surface area contributed by atoms with E-state index in [4.69, 9.17) is 0 Å². The molecule has 1 N–H and O–H groups in total. The molecule has 0 saturated heterocycles. The summed E-state index contributed by atoms with van der Waals surface area (Å²) in [6.07, 6.45) is 3.36. The molecule has 0 atom stereocenters. The van der Waals surface area contributed by atoms with Gasteiger partial charge in [0.15, 0.2) is 0 Å². The third kappa shape index (κ3) is 3.28. The van der Waals surface area contributed by atoms with E-state index in [9.17, 15) is 14.9 Å². The maximum absolute atomic E-state index is 13.0. The number of nitrogens with zero attached hydrogens (tertiary/aromatic N) is 3. The number of anilines is 1. The van der Waals surface area contributed by atoms with Crippen molar-refractivity contribution in [2.24, 2.45) is 0 Å². The van der Waals surface area contributed by atoms with Crippen molar-refractivity contribution < 1.29 is 9.72 Å². The third-order valence-corrected chi connectivity index (χ3v) is 4.24. The van der Waals surface area contributed by atoms with Gasteiger partial charge in [-0.25, -0.2) is 4.98 Å². The van der Waals surface area contributed by atoms with Crippen molar-refractivity contribution in [2.45, 2.75) is 33.6 Å². The van der Waals surface area contributed by atoms with Crippen LogP contribution in [-0.4, -0.2) is 20.2 Å². The topological polar surface area (TPSA) is 89.5 Å². The number of aryl methyl sites for hydroxylation is 3. The normalized spacial score (nSPS) is 10.9. The van der Waals surface area contributed by atoms with Gasteiger partial charge in [0.1, 0.15) is 11.3 Å². The summed E-state index contributed by atoms with van der Waals surface area (Å²) in [5.74, 6) is -0.326. The lowest BCUT2D eigenvalue weighted by Crippen LogP contribution is -2.17. The molecule has 0 unspecified atom stereocenters. The van der Waals surface area contributed by atoms with Crippen LogP contribution in [-0.2, 0) is 6.42 Å². The molecule has 1 aromatic carbocycles. The number of pyridine rings is 1. The first-order valence-electron chi connectivity index (χ1n) is 8.44. The summed E-state index contributed by atoms with van der Waals surface area (Å²) in [6, 6.07) is 8.26. The zero-order valence-corrected chi connectivity index (χ0v) is 14.9. The number of nitro groups is 1. The maximum atomic E-state index is 13.0. The minimum Gasteiger partial charge on any atom is -0.320 e. The Morgan fingerprint density at radius 2 is 2.04 bits per heavy atom. The van der Waals surface area contributed by atoms with E-state index in [-0.39, 0.29) is 11.6 Å². The summed E-state index contributed by atoms with van der Waals surface area (Å²) in [4.78, 5) is 28.1. The number of non-ortho nitro benzene ring substituents is 1. The molecule has 1 amide bonds. The Bertz CT molecular complexity index is 1010. The predicted molar refractivity (Wildman–Crippen MR) is 99.7 cm³/mol. The Hall–Kier alpha value is -3.22. The van der Waals surface area contributed by atoms with E-state index in [0.29, 0.717) is 17.8 Å². The van der Waals surface area contributed by atoms with Crippen molar-refractivity contribution in [3.8, 4) is 0 Å². The van der Waals surface area contributed by atoms with Gasteiger partial charge >= 0.3 is 0 Å². The van der Waals surface area contributed by atoms with E-state index in [1.54, 1.807) is 17.4 Å². The molecular formula is C19H20N4O3. The van der Waals surface area contributed by atoms with E-state index in [1.807, 2.05) is 32.2 Å². The van der Waals surface area contributed by atoms with Gasteiger partial charge in [0.25, 0.3) is 11.6 Å². The van der Waals surface area contributed by atoms with Crippen LogP contribution in [0, 0.1) is 24.0 Å². The first-order valence-corrected chi connectivity index (χ1v) is 8.44. The van der Waals surface area contributed by atoms with Crippen LogP contribution in [0.15, 0.2) is 36.5 Å². The van der Waals surface area contributed by atoms with Gasteiger partial charge in [0, 0.05) is 18.3 Å². The summed E-state index contributed by atoms with van der Waals surface area (Å²) < 4.78 is 1.76. The van der Waals surface area contributed by atoms with Crippen molar-refractivity contribution in [3.63, 3.8) is 0 Å². The Morgan fingerprint density at radius 3 is 2.73 bits per heavy atom. The lowest BCUT2D eigenvalue weighted by atomic mass is 10.1. The molecule has 0 bridgehead atoms. The van der Waals surface area contributed by atoms with Gasteiger partial charge in [-0.2, -0.15) is 0 Å². The van der Waals surface area contributed by atoms with Gasteiger partial charge in [-0.1, -0.05) is 19.4 Å². The first-order chi connectivity index (χ1) is 12.4. The number of hydrogen-bond acceptors (Lipinski definition) is 4. The number of nitro benzene ring substituents is 1. The quantitative estimate of drug-likeness (QED) is 0.554. The number of aromatic nitrogens is 2. The monoisotopic (exact) mass is 352 g/mol. The fourth-order valence-corrected chi connectivity index (χ4v) is 2.89. The van der Waals surface area contributed by atoms with Gasteiger partial charge in [-0.05, 0) is 43.5 Å². The molecule has 2 aromatic heterocycles. The summed E-state index contributed by atoms with van der Waals surface area (Å²) in [5.41, 5.74) is 4.08. The highest BCUT2D eigenvalue weighted by Gasteiger charge is 2.20. The summed E-state index contributed by atoms with van der Waals surface area (Å²) in [7, 11) is 0. The van der Waals surface area contributed by atoms with E-state index >= 15 is 0 Å². The molecule has 26 heavy (non-hydrogen) atoms. The van der Waals surface area contributed by atoms with E-state index in [0.717, 1.165) is 28.9 Å². The number of hydrogen-bond donors (Lipinski definition) is 1. The van der Waals surface area contributed by atoms with Gasteiger partial charge < -0.3 is 5.32 Å². The summed E-state index contributed by atoms with van der Waals surface area (Å²) >= 11 is 0. The van der Waals surface area contributed by atoms with E-state index in [2.05, 4.69) is 10.3 Å². The standard InChI is InChI=1S/C19H20N4O3/c1-4-5-15-18(22-9-8-12(2)10-17(22)20-15)19(24)21-16-11-14(23(25)26)7-6-13(16)3/h6-11H,4-5H2,1-3H3,(H,21,24). The van der Waals surface area contributed by atoms with Gasteiger partial charge in [-0.3, -0.25) is 19.3 Å². The molecular weight excluding hydrogens is 332 g/mol. The molecule has 134 valence electrons. The predicted octanol–water partition coefficient (Wildman–Crippen LogP) is 4.06. The van der Waals surface area contributed by atoms with Crippen LogP contribution < -0.4 is 5.32 Å². The fourth-order valence-electron chi connectivity index (χ4n) is 2.89.